The van der Waals surface area contributed by atoms with Gasteiger partial charge in [0.05, 0.1) is 22.1 Å². The second-order valence-electron chi connectivity index (χ2n) is 16.4. The van der Waals surface area contributed by atoms with Crippen molar-refractivity contribution in [2.24, 2.45) is 0 Å². The lowest BCUT2D eigenvalue weighted by Crippen LogP contribution is -2.25. The van der Waals surface area contributed by atoms with Gasteiger partial charge in [-0.3, -0.25) is 4.57 Å². The predicted molar refractivity (Wildman–Crippen MR) is 233 cm³/mol. The average Bonchev–Trinajstić information content (AvgIpc) is 3.93. The maximum absolute atomic E-state index is 5.81. The van der Waals surface area contributed by atoms with Crippen LogP contribution in [0.2, 0.25) is 0 Å². The number of hydrogen-bond acceptors (Lipinski definition) is 2. The van der Waals surface area contributed by atoms with Crippen LogP contribution in [0.25, 0.3) is 83.2 Å². The summed E-state index contributed by atoms with van der Waals surface area (Å²) in [5, 5.41) is 4.88. The first-order valence-electron chi connectivity index (χ1n) is 19.9. The fraction of sp³-hybridized carbons (Fsp3) is 0.0741. The van der Waals surface area contributed by atoms with Gasteiger partial charge in [-0.2, -0.15) is 0 Å². The van der Waals surface area contributed by atoms with Gasteiger partial charge in [-0.25, -0.2) is 9.97 Å². The molecule has 3 heteroatoms. The van der Waals surface area contributed by atoms with E-state index in [0.29, 0.717) is 0 Å². The second-order valence-corrected chi connectivity index (χ2v) is 16.4. The van der Waals surface area contributed by atoms with E-state index in [-0.39, 0.29) is 5.41 Å². The number of benzene rings is 8. The summed E-state index contributed by atoms with van der Waals surface area (Å²) in [6.07, 6.45) is 0. The molecule has 3 nitrogen and oxygen atoms in total. The van der Waals surface area contributed by atoms with Crippen molar-refractivity contribution in [2.45, 2.75) is 24.7 Å². The van der Waals surface area contributed by atoms with E-state index in [1.807, 2.05) is 0 Å². The van der Waals surface area contributed by atoms with Gasteiger partial charge < -0.3 is 0 Å². The number of hydrogen-bond donors (Lipinski definition) is 0. The Morgan fingerprint density at radius 3 is 1.65 bits per heavy atom. The summed E-state index contributed by atoms with van der Waals surface area (Å²) in [6.45, 7) is 4.65. The maximum Gasteiger partial charge on any atom is 0.162 e. The van der Waals surface area contributed by atoms with Crippen molar-refractivity contribution in [3.63, 3.8) is 0 Å². The molecule has 8 aromatic carbocycles. The maximum atomic E-state index is 5.81. The van der Waals surface area contributed by atoms with E-state index in [1.54, 1.807) is 0 Å². The Morgan fingerprint density at radius 2 is 0.930 bits per heavy atom. The molecule has 10 aromatic rings. The summed E-state index contributed by atoms with van der Waals surface area (Å²) >= 11 is 0. The van der Waals surface area contributed by atoms with Crippen molar-refractivity contribution in [1.29, 1.82) is 0 Å². The third-order valence-electron chi connectivity index (χ3n) is 13.4. The highest BCUT2D eigenvalue weighted by atomic mass is 15.1. The van der Waals surface area contributed by atoms with Crippen molar-refractivity contribution in [3.8, 4) is 50.6 Å². The number of nitrogens with zero attached hydrogens (tertiary/aromatic N) is 3. The molecule has 3 aliphatic rings. The third-order valence-corrected chi connectivity index (χ3v) is 13.4. The van der Waals surface area contributed by atoms with Crippen LogP contribution < -0.4 is 0 Å². The van der Waals surface area contributed by atoms with Crippen molar-refractivity contribution >= 4 is 32.6 Å². The van der Waals surface area contributed by atoms with Gasteiger partial charge >= 0.3 is 0 Å². The molecule has 1 spiro atoms. The lowest BCUT2D eigenvalue weighted by atomic mass is 9.70. The first-order valence-corrected chi connectivity index (χ1v) is 19.9. The Labute approximate surface area is 330 Å². The van der Waals surface area contributed by atoms with E-state index in [0.717, 1.165) is 39.5 Å². The lowest BCUT2D eigenvalue weighted by Gasteiger charge is -2.30. The molecule has 0 fully saturated rings. The van der Waals surface area contributed by atoms with E-state index in [9.17, 15) is 0 Å². The zero-order chi connectivity index (χ0) is 37.6. The molecular formula is C54H35N3. The second kappa shape index (κ2) is 10.8. The fourth-order valence-corrected chi connectivity index (χ4v) is 11.0. The average molecular weight is 726 g/mol. The van der Waals surface area contributed by atoms with Gasteiger partial charge in [-0.1, -0.05) is 172 Å². The Bertz CT molecular complexity index is 3350. The van der Waals surface area contributed by atoms with Crippen LogP contribution in [0.4, 0.5) is 0 Å². The van der Waals surface area contributed by atoms with E-state index >= 15 is 0 Å². The molecule has 0 unspecified atom stereocenters. The molecule has 0 saturated heterocycles. The Hall–Kier alpha value is -7.10. The van der Waals surface area contributed by atoms with Crippen LogP contribution in [0.15, 0.2) is 176 Å². The van der Waals surface area contributed by atoms with Crippen LogP contribution in [-0.4, -0.2) is 14.5 Å². The largest absolute Gasteiger partial charge is 0.293 e. The molecular weight excluding hydrogens is 691 g/mol. The zero-order valence-corrected chi connectivity index (χ0v) is 31.6. The molecule has 2 heterocycles. The van der Waals surface area contributed by atoms with Gasteiger partial charge in [0.15, 0.2) is 5.82 Å². The molecule has 0 bridgehead atoms. The van der Waals surface area contributed by atoms with Crippen molar-refractivity contribution in [2.75, 3.05) is 0 Å². The van der Waals surface area contributed by atoms with Crippen LogP contribution in [0.3, 0.4) is 0 Å². The summed E-state index contributed by atoms with van der Waals surface area (Å²) in [7, 11) is 0. The van der Waals surface area contributed by atoms with E-state index in [2.05, 4.69) is 194 Å². The smallest absolute Gasteiger partial charge is 0.162 e. The monoisotopic (exact) mass is 725 g/mol. The van der Waals surface area contributed by atoms with Gasteiger partial charge in [0.1, 0.15) is 5.82 Å². The standard InChI is InChI=1S/C54H35N3/c1-53(2)41-24-10-7-21-37(41)49-50(53)55-51(56-52(49)57-46-29-14-9-20-36(46)40-30-32-16-3-4-17-33(32)31-47(40)57)39-23-15-28-45-48(39)38-22-8-13-27-44(38)54(45)42-25-11-5-18-34(42)35-19-6-12-26-43(35)54/h3-31H,1-2H3. The molecule has 3 aliphatic carbocycles. The van der Waals surface area contributed by atoms with Gasteiger partial charge in [0.25, 0.3) is 0 Å². The number of fused-ring (bicyclic) bond motifs is 17. The molecule has 0 amide bonds. The highest BCUT2D eigenvalue weighted by molar-refractivity contribution is 6.14. The summed E-state index contributed by atoms with van der Waals surface area (Å²) < 4.78 is 2.42. The SMILES string of the molecule is CC1(C)c2ccccc2-c2c(-n3c4ccccc4c4cc5ccccc5cc43)nc(-c3cccc4c3-c3ccccc3C43c4ccccc4-c4ccccc43)nc21. The van der Waals surface area contributed by atoms with E-state index < -0.39 is 5.41 Å². The van der Waals surface area contributed by atoms with Gasteiger partial charge in [-0.05, 0) is 84.6 Å². The molecule has 0 atom stereocenters. The first kappa shape index (κ1) is 31.1. The molecule has 2 aromatic heterocycles. The number of para-hydroxylation sites is 1. The Morgan fingerprint density at radius 1 is 0.404 bits per heavy atom. The molecule has 0 aliphatic heterocycles. The van der Waals surface area contributed by atoms with Crippen molar-refractivity contribution in [3.05, 3.63) is 209 Å². The molecule has 0 N–H and O–H groups in total. The molecule has 0 radical (unpaired) electrons. The fourth-order valence-electron chi connectivity index (χ4n) is 11.0. The van der Waals surface area contributed by atoms with Crippen LogP contribution >= 0.6 is 0 Å². The van der Waals surface area contributed by atoms with Gasteiger partial charge in [0, 0.05) is 27.3 Å². The van der Waals surface area contributed by atoms with Crippen LogP contribution in [0, 0.1) is 0 Å². The molecule has 13 rings (SSSR count). The quantitative estimate of drug-likeness (QED) is 0.178. The zero-order valence-electron chi connectivity index (χ0n) is 31.6. The van der Waals surface area contributed by atoms with Gasteiger partial charge in [0.2, 0.25) is 0 Å². The van der Waals surface area contributed by atoms with E-state index in [4.69, 9.17) is 9.97 Å². The molecule has 266 valence electrons. The van der Waals surface area contributed by atoms with Crippen molar-refractivity contribution in [1.82, 2.24) is 14.5 Å². The van der Waals surface area contributed by atoms with Crippen LogP contribution in [0.1, 0.15) is 47.4 Å². The Kier molecular flexibility index (Phi) is 5.90. The minimum absolute atomic E-state index is 0.343. The highest BCUT2D eigenvalue weighted by Crippen LogP contribution is 2.64. The highest BCUT2D eigenvalue weighted by Gasteiger charge is 2.52. The molecule has 0 saturated carbocycles. The lowest BCUT2D eigenvalue weighted by molar-refractivity contribution is 0.635. The van der Waals surface area contributed by atoms with Crippen LogP contribution in [0.5, 0.6) is 0 Å². The normalized spacial score (nSPS) is 14.8. The third kappa shape index (κ3) is 3.77. The Balaban J connectivity index is 1.17. The first-order chi connectivity index (χ1) is 28.0. The summed E-state index contributed by atoms with van der Waals surface area (Å²) in [5.41, 5.74) is 17.5. The summed E-state index contributed by atoms with van der Waals surface area (Å²) in [6, 6.07) is 64.9. The van der Waals surface area contributed by atoms with Crippen LogP contribution in [-0.2, 0) is 10.8 Å². The summed E-state index contributed by atoms with van der Waals surface area (Å²) in [4.78, 5) is 11.5. The number of aromatic nitrogens is 3. The van der Waals surface area contributed by atoms with E-state index in [1.165, 1.54) is 77.2 Å². The molecule has 57 heavy (non-hydrogen) atoms. The topological polar surface area (TPSA) is 30.7 Å². The predicted octanol–water partition coefficient (Wildman–Crippen LogP) is 13.0. The van der Waals surface area contributed by atoms with Gasteiger partial charge in [-0.15, -0.1) is 0 Å². The summed E-state index contributed by atoms with van der Waals surface area (Å²) in [5.74, 6) is 1.67. The minimum atomic E-state index is -0.446. The minimum Gasteiger partial charge on any atom is -0.293 e. The van der Waals surface area contributed by atoms with Crippen molar-refractivity contribution < 1.29 is 0 Å². The number of rotatable bonds is 2.